The number of aromatic nitrogens is 2. The van der Waals surface area contributed by atoms with Gasteiger partial charge in [-0.2, -0.15) is 5.10 Å². The highest BCUT2D eigenvalue weighted by Crippen LogP contribution is 2.32. The van der Waals surface area contributed by atoms with Crippen molar-refractivity contribution in [1.82, 2.24) is 10.2 Å². The van der Waals surface area contributed by atoms with Gasteiger partial charge in [0.1, 0.15) is 0 Å². The molecule has 79 valence electrons. The van der Waals surface area contributed by atoms with Gasteiger partial charge in [-0.25, -0.2) is 0 Å². The van der Waals surface area contributed by atoms with E-state index < -0.39 is 0 Å². The maximum atomic E-state index is 5.23. The first-order valence-electron chi connectivity index (χ1n) is 4.69. The molecule has 4 nitrogen and oxygen atoms in total. The topological polar surface area (TPSA) is 47.1 Å². The molecule has 0 aliphatic heterocycles. The average Bonchev–Trinajstić information content (AvgIpc) is 2.68. The van der Waals surface area contributed by atoms with Crippen LogP contribution in [0, 0.1) is 6.42 Å². The van der Waals surface area contributed by atoms with Crippen LogP contribution in [0.3, 0.4) is 0 Å². The third kappa shape index (κ3) is 1.52. The van der Waals surface area contributed by atoms with Crippen LogP contribution in [0.1, 0.15) is 12.6 Å². The number of ether oxygens (including phenoxy) is 2. The van der Waals surface area contributed by atoms with Gasteiger partial charge in [-0.15, -0.1) is 0 Å². The van der Waals surface area contributed by atoms with Crippen LogP contribution in [-0.2, 0) is 0 Å². The molecule has 0 bridgehead atoms. The van der Waals surface area contributed by atoms with Crippen molar-refractivity contribution in [3.05, 3.63) is 24.2 Å². The molecule has 2 rings (SSSR count). The van der Waals surface area contributed by atoms with E-state index in [1.807, 2.05) is 25.5 Å². The lowest BCUT2D eigenvalue weighted by molar-refractivity contribution is 0.356. The molecule has 1 aromatic heterocycles. The number of fused-ring (bicyclic) bond motifs is 1. The Morgan fingerprint density at radius 3 is 2.47 bits per heavy atom. The van der Waals surface area contributed by atoms with Gasteiger partial charge in [0.25, 0.3) is 0 Å². The molecular formula is C11H13N2O2. The number of nitrogens with zero attached hydrogens (tertiary/aromatic N) is 1. The van der Waals surface area contributed by atoms with Gasteiger partial charge in [0, 0.05) is 17.9 Å². The zero-order valence-corrected chi connectivity index (χ0v) is 9.00. The predicted octanol–water partition coefficient (Wildman–Crippen LogP) is 2.15. The lowest BCUT2D eigenvalue weighted by Gasteiger charge is -2.06. The maximum Gasteiger partial charge on any atom is 0.162 e. The Morgan fingerprint density at radius 2 is 1.87 bits per heavy atom. The van der Waals surface area contributed by atoms with Gasteiger partial charge in [-0.05, 0) is 6.07 Å². The standard InChI is InChI=1S/C11H13N2O2/c1-4-8-7-5-10(14-2)11(15-3)6-9(7)13-12-8/h4-6H,1-3H3,(H,12,13). The monoisotopic (exact) mass is 205 g/mol. The second kappa shape index (κ2) is 3.81. The number of hydrogen-bond donors (Lipinski definition) is 1. The summed E-state index contributed by atoms with van der Waals surface area (Å²) in [4.78, 5) is 0. The summed E-state index contributed by atoms with van der Waals surface area (Å²) in [5, 5.41) is 8.16. The van der Waals surface area contributed by atoms with E-state index in [0.29, 0.717) is 5.75 Å². The van der Waals surface area contributed by atoms with E-state index in [-0.39, 0.29) is 0 Å². The molecule has 0 amide bonds. The third-order valence-electron chi connectivity index (χ3n) is 2.37. The van der Waals surface area contributed by atoms with E-state index in [1.165, 1.54) is 0 Å². The molecule has 4 heteroatoms. The van der Waals surface area contributed by atoms with Crippen LogP contribution in [0.5, 0.6) is 11.5 Å². The van der Waals surface area contributed by atoms with Crippen LogP contribution in [0.2, 0.25) is 0 Å². The van der Waals surface area contributed by atoms with Crippen molar-refractivity contribution in [1.29, 1.82) is 0 Å². The fourth-order valence-corrected chi connectivity index (χ4v) is 1.58. The number of rotatable bonds is 3. The Balaban J connectivity index is 2.66. The number of methoxy groups -OCH3 is 2. The molecule has 1 radical (unpaired) electrons. The Kier molecular flexibility index (Phi) is 2.49. The molecule has 0 spiro atoms. The summed E-state index contributed by atoms with van der Waals surface area (Å²) in [7, 11) is 3.24. The molecule has 1 heterocycles. The van der Waals surface area contributed by atoms with E-state index in [0.717, 1.165) is 22.3 Å². The van der Waals surface area contributed by atoms with E-state index in [2.05, 4.69) is 10.2 Å². The van der Waals surface area contributed by atoms with E-state index in [9.17, 15) is 0 Å². The minimum atomic E-state index is 0.705. The SMILES string of the molecule is C[CH]c1n[nH]c2cc(OC)c(OC)cc12. The maximum absolute atomic E-state index is 5.23. The molecule has 0 aliphatic carbocycles. The Morgan fingerprint density at radius 1 is 1.20 bits per heavy atom. The fraction of sp³-hybridized carbons (Fsp3) is 0.273. The summed E-state index contributed by atoms with van der Waals surface area (Å²) < 4.78 is 10.4. The highest BCUT2D eigenvalue weighted by Gasteiger charge is 2.10. The highest BCUT2D eigenvalue weighted by molar-refractivity contribution is 5.86. The Labute approximate surface area is 88.2 Å². The van der Waals surface area contributed by atoms with Crippen molar-refractivity contribution in [3.63, 3.8) is 0 Å². The predicted molar refractivity (Wildman–Crippen MR) is 58.3 cm³/mol. The number of hydrogen-bond acceptors (Lipinski definition) is 3. The molecule has 0 saturated carbocycles. The quantitative estimate of drug-likeness (QED) is 0.835. The molecule has 0 unspecified atom stereocenters. The first kappa shape index (κ1) is 9.83. The van der Waals surface area contributed by atoms with Gasteiger partial charge in [0.15, 0.2) is 11.5 Å². The number of nitrogens with one attached hydrogen (secondary N) is 1. The number of benzene rings is 1. The van der Waals surface area contributed by atoms with Crippen molar-refractivity contribution in [2.24, 2.45) is 0 Å². The first-order chi connectivity index (χ1) is 7.30. The minimum absolute atomic E-state index is 0.705. The van der Waals surface area contributed by atoms with Gasteiger partial charge in [-0.1, -0.05) is 6.92 Å². The molecule has 0 aliphatic rings. The lowest BCUT2D eigenvalue weighted by atomic mass is 10.1. The van der Waals surface area contributed by atoms with Gasteiger partial charge in [-0.3, -0.25) is 5.10 Å². The molecule has 0 atom stereocenters. The molecular weight excluding hydrogens is 192 g/mol. The second-order valence-electron chi connectivity index (χ2n) is 3.15. The van der Waals surface area contributed by atoms with Crippen LogP contribution < -0.4 is 9.47 Å². The average molecular weight is 205 g/mol. The summed E-state index contributed by atoms with van der Waals surface area (Å²) >= 11 is 0. The smallest absolute Gasteiger partial charge is 0.162 e. The van der Waals surface area contributed by atoms with Gasteiger partial charge in [0.2, 0.25) is 0 Å². The highest BCUT2D eigenvalue weighted by atomic mass is 16.5. The summed E-state index contributed by atoms with van der Waals surface area (Å²) in [5.41, 5.74) is 1.87. The summed E-state index contributed by atoms with van der Waals surface area (Å²) in [6, 6.07) is 3.81. The van der Waals surface area contributed by atoms with Crippen LogP contribution in [0.4, 0.5) is 0 Å². The fourth-order valence-electron chi connectivity index (χ4n) is 1.58. The van der Waals surface area contributed by atoms with Crippen LogP contribution in [-0.4, -0.2) is 24.4 Å². The van der Waals surface area contributed by atoms with E-state index in [1.54, 1.807) is 14.2 Å². The van der Waals surface area contributed by atoms with Crippen molar-refractivity contribution in [2.45, 2.75) is 6.92 Å². The summed E-state index contributed by atoms with van der Waals surface area (Å²) in [5.74, 6) is 1.42. The zero-order chi connectivity index (χ0) is 10.8. The Hall–Kier alpha value is -1.71. The molecule has 0 saturated heterocycles. The van der Waals surface area contributed by atoms with Crippen molar-refractivity contribution in [3.8, 4) is 11.5 Å². The molecule has 15 heavy (non-hydrogen) atoms. The van der Waals surface area contributed by atoms with Crippen molar-refractivity contribution in [2.75, 3.05) is 14.2 Å². The summed E-state index contributed by atoms with van der Waals surface area (Å²) in [6.45, 7) is 1.95. The van der Waals surface area contributed by atoms with Gasteiger partial charge in [0.05, 0.1) is 25.4 Å². The first-order valence-corrected chi connectivity index (χ1v) is 4.69. The van der Waals surface area contributed by atoms with Crippen LogP contribution >= 0.6 is 0 Å². The van der Waals surface area contributed by atoms with Crippen molar-refractivity contribution >= 4 is 10.9 Å². The molecule has 0 fully saturated rings. The third-order valence-corrected chi connectivity index (χ3v) is 2.37. The van der Waals surface area contributed by atoms with Gasteiger partial charge >= 0.3 is 0 Å². The van der Waals surface area contributed by atoms with E-state index in [4.69, 9.17) is 9.47 Å². The lowest BCUT2D eigenvalue weighted by Crippen LogP contribution is -1.90. The van der Waals surface area contributed by atoms with E-state index >= 15 is 0 Å². The molecule has 1 N–H and O–H groups in total. The normalized spacial score (nSPS) is 10.6. The minimum Gasteiger partial charge on any atom is -0.493 e. The molecule has 2 aromatic rings. The Bertz CT molecular complexity index is 477. The zero-order valence-electron chi connectivity index (χ0n) is 9.00. The second-order valence-corrected chi connectivity index (χ2v) is 3.15. The van der Waals surface area contributed by atoms with Crippen molar-refractivity contribution < 1.29 is 9.47 Å². The number of H-pyrrole nitrogens is 1. The van der Waals surface area contributed by atoms with Gasteiger partial charge < -0.3 is 9.47 Å². The number of aromatic amines is 1. The largest absolute Gasteiger partial charge is 0.493 e. The van der Waals surface area contributed by atoms with Crippen LogP contribution in [0.15, 0.2) is 12.1 Å². The van der Waals surface area contributed by atoms with Crippen LogP contribution in [0.25, 0.3) is 10.9 Å². The molecule has 1 aromatic carbocycles. The summed E-state index contributed by atoms with van der Waals surface area (Å²) in [6.07, 6.45) is 1.95.